The number of rotatable bonds is 9. The molecule has 3 N–H and O–H groups in total. The molecule has 1 heterocycles. The Labute approximate surface area is 219 Å². The van der Waals surface area contributed by atoms with Crippen molar-refractivity contribution in [2.24, 2.45) is 0 Å². The highest BCUT2D eigenvalue weighted by Crippen LogP contribution is 2.26. The third-order valence-corrected chi connectivity index (χ3v) is 5.84. The van der Waals surface area contributed by atoms with Crippen LogP contribution in [0, 0.1) is 6.92 Å². The molecule has 1 amide bonds. The standard InChI is InChI=1S/C27H24F3N3O6/c1-16-11-20(24(35)31-13-23(34)27(28,29)30)7-10-22(16)19-4-2-3-18(12-19)15-38-21-8-5-17(6-9-21)14-33-25(36)32-26(37)39-33/h2-12,23,34H,13-15H2,1H3,(H,31,35)(H,32,36,37). The number of aliphatic hydroxyl groups excluding tert-OH is 1. The Hall–Kier alpha value is -4.58. The second-order valence-electron chi connectivity index (χ2n) is 8.78. The van der Waals surface area contributed by atoms with Crippen LogP contribution in [-0.2, 0) is 13.2 Å². The summed E-state index contributed by atoms with van der Waals surface area (Å²) in [6.07, 6.45) is -7.44. The number of hydrogen-bond donors (Lipinski definition) is 3. The molecule has 0 aliphatic heterocycles. The summed E-state index contributed by atoms with van der Waals surface area (Å²) in [5.41, 5.74) is 3.59. The molecule has 0 saturated heterocycles. The Bertz CT molecular complexity index is 1570. The number of alkyl halides is 3. The lowest BCUT2D eigenvalue weighted by Crippen LogP contribution is -2.40. The summed E-state index contributed by atoms with van der Waals surface area (Å²) in [5.74, 6) is -0.945. The molecule has 4 aromatic rings. The zero-order valence-electron chi connectivity index (χ0n) is 20.6. The van der Waals surface area contributed by atoms with Crippen molar-refractivity contribution in [3.63, 3.8) is 0 Å². The second-order valence-corrected chi connectivity index (χ2v) is 8.78. The Morgan fingerprint density at radius 3 is 2.46 bits per heavy atom. The summed E-state index contributed by atoms with van der Waals surface area (Å²) >= 11 is 0. The summed E-state index contributed by atoms with van der Waals surface area (Å²) in [5, 5.41) is 11.2. The Morgan fingerprint density at radius 1 is 1.08 bits per heavy atom. The molecule has 204 valence electrons. The SMILES string of the molecule is Cc1cc(C(=O)NCC(O)C(F)(F)F)ccc1-c1cccc(COc2ccc(Cn3oc(=O)[nH]c3=O)cc2)c1. The van der Waals surface area contributed by atoms with E-state index in [9.17, 15) is 27.6 Å². The van der Waals surface area contributed by atoms with Crippen molar-refractivity contribution < 1.29 is 32.3 Å². The Morgan fingerprint density at radius 2 is 1.82 bits per heavy atom. The minimum absolute atomic E-state index is 0.0925. The third kappa shape index (κ3) is 7.05. The van der Waals surface area contributed by atoms with Crippen LogP contribution >= 0.6 is 0 Å². The number of aliphatic hydroxyl groups is 1. The number of H-pyrrole nitrogens is 1. The summed E-state index contributed by atoms with van der Waals surface area (Å²) in [7, 11) is 0. The van der Waals surface area contributed by atoms with Crippen LogP contribution in [0.2, 0.25) is 0 Å². The molecule has 1 unspecified atom stereocenters. The van der Waals surface area contributed by atoms with Crippen molar-refractivity contribution in [2.45, 2.75) is 32.4 Å². The van der Waals surface area contributed by atoms with Gasteiger partial charge in [-0.1, -0.05) is 36.4 Å². The van der Waals surface area contributed by atoms with Gasteiger partial charge in [0.15, 0.2) is 6.10 Å². The minimum atomic E-state index is -4.81. The first kappa shape index (κ1) is 27.5. The Balaban J connectivity index is 1.38. The van der Waals surface area contributed by atoms with Gasteiger partial charge in [-0.15, -0.1) is 4.74 Å². The molecule has 12 heteroatoms. The number of aromatic amines is 1. The third-order valence-electron chi connectivity index (χ3n) is 5.84. The average molecular weight is 543 g/mol. The molecule has 39 heavy (non-hydrogen) atoms. The van der Waals surface area contributed by atoms with Crippen molar-refractivity contribution in [2.75, 3.05) is 6.54 Å². The van der Waals surface area contributed by atoms with E-state index in [-0.39, 0.29) is 18.7 Å². The van der Waals surface area contributed by atoms with Gasteiger partial charge < -0.3 is 19.7 Å². The van der Waals surface area contributed by atoms with E-state index in [1.165, 1.54) is 6.07 Å². The molecule has 0 aliphatic carbocycles. The van der Waals surface area contributed by atoms with E-state index in [2.05, 4.69) is 5.32 Å². The number of aryl methyl sites for hydroxylation is 1. The first-order valence-electron chi connectivity index (χ1n) is 11.7. The van der Waals surface area contributed by atoms with E-state index < -0.39 is 36.2 Å². The van der Waals surface area contributed by atoms with Crippen molar-refractivity contribution in [1.29, 1.82) is 0 Å². The fourth-order valence-electron chi connectivity index (χ4n) is 3.81. The fraction of sp³-hybridized carbons (Fsp3) is 0.222. The highest BCUT2D eigenvalue weighted by atomic mass is 19.4. The van der Waals surface area contributed by atoms with Crippen molar-refractivity contribution in [1.82, 2.24) is 15.0 Å². The van der Waals surface area contributed by atoms with Crippen LogP contribution in [0.25, 0.3) is 11.1 Å². The van der Waals surface area contributed by atoms with Crippen LogP contribution in [0.4, 0.5) is 13.2 Å². The predicted octanol–water partition coefficient (Wildman–Crippen LogP) is 3.39. The maximum atomic E-state index is 12.5. The number of carbonyl (C=O) groups excluding carboxylic acids is 1. The van der Waals surface area contributed by atoms with Gasteiger partial charge in [-0.2, -0.15) is 13.2 Å². The maximum Gasteiger partial charge on any atom is 0.440 e. The number of nitrogens with zero attached hydrogens (tertiary/aromatic N) is 1. The molecular formula is C27H24F3N3O6. The number of amides is 1. The van der Waals surface area contributed by atoms with Gasteiger partial charge >= 0.3 is 17.6 Å². The second kappa shape index (κ2) is 11.4. The monoisotopic (exact) mass is 543 g/mol. The molecule has 4 rings (SSSR count). The quantitative estimate of drug-likeness (QED) is 0.297. The summed E-state index contributed by atoms with van der Waals surface area (Å²) in [6, 6.07) is 19.3. The van der Waals surface area contributed by atoms with E-state index in [4.69, 9.17) is 14.4 Å². The zero-order chi connectivity index (χ0) is 28.2. The number of carbonyl (C=O) groups is 1. The number of aromatic nitrogens is 2. The van der Waals surface area contributed by atoms with Crippen LogP contribution in [-0.4, -0.2) is 39.6 Å². The highest BCUT2D eigenvalue weighted by molar-refractivity contribution is 5.95. The van der Waals surface area contributed by atoms with E-state index in [1.54, 1.807) is 43.3 Å². The van der Waals surface area contributed by atoms with Gasteiger partial charge in [0, 0.05) is 5.56 Å². The summed E-state index contributed by atoms with van der Waals surface area (Å²) in [6.45, 7) is 1.21. The number of hydrogen-bond acceptors (Lipinski definition) is 6. The van der Waals surface area contributed by atoms with Gasteiger partial charge in [0.1, 0.15) is 12.4 Å². The van der Waals surface area contributed by atoms with Gasteiger partial charge in [-0.3, -0.25) is 4.79 Å². The number of ether oxygens (including phenoxy) is 1. The first-order valence-corrected chi connectivity index (χ1v) is 11.7. The molecule has 0 saturated carbocycles. The molecule has 9 nitrogen and oxygen atoms in total. The molecule has 0 aliphatic rings. The largest absolute Gasteiger partial charge is 0.489 e. The molecule has 1 atom stereocenters. The van der Waals surface area contributed by atoms with Crippen molar-refractivity contribution in [3.8, 4) is 16.9 Å². The number of benzene rings is 3. The van der Waals surface area contributed by atoms with E-state index in [0.717, 1.165) is 32.6 Å². The van der Waals surface area contributed by atoms with Crippen LogP contribution in [0.15, 0.2) is 80.8 Å². The van der Waals surface area contributed by atoms with Crippen LogP contribution < -0.4 is 21.5 Å². The van der Waals surface area contributed by atoms with E-state index in [0.29, 0.717) is 5.75 Å². The Kier molecular flexibility index (Phi) is 8.05. The van der Waals surface area contributed by atoms with Crippen LogP contribution in [0.1, 0.15) is 27.0 Å². The normalized spacial score (nSPS) is 12.2. The zero-order valence-corrected chi connectivity index (χ0v) is 20.6. The molecule has 0 fully saturated rings. The summed E-state index contributed by atoms with van der Waals surface area (Å²) in [4.78, 5) is 36.9. The fourth-order valence-corrected chi connectivity index (χ4v) is 3.81. The lowest BCUT2D eigenvalue weighted by molar-refractivity contribution is -0.201. The maximum absolute atomic E-state index is 12.5. The van der Waals surface area contributed by atoms with Gasteiger partial charge in [0.25, 0.3) is 5.91 Å². The predicted molar refractivity (Wildman–Crippen MR) is 134 cm³/mol. The van der Waals surface area contributed by atoms with Gasteiger partial charge in [-0.25, -0.2) is 14.6 Å². The van der Waals surface area contributed by atoms with E-state index in [1.807, 2.05) is 29.2 Å². The van der Waals surface area contributed by atoms with Crippen LogP contribution in [0.5, 0.6) is 5.75 Å². The van der Waals surface area contributed by atoms with Crippen molar-refractivity contribution >= 4 is 5.91 Å². The van der Waals surface area contributed by atoms with Crippen molar-refractivity contribution in [3.05, 3.63) is 110 Å². The molecule has 3 aromatic carbocycles. The minimum Gasteiger partial charge on any atom is -0.489 e. The van der Waals surface area contributed by atoms with Gasteiger partial charge in [0.05, 0.1) is 13.1 Å². The molecule has 0 spiro atoms. The highest BCUT2D eigenvalue weighted by Gasteiger charge is 2.38. The van der Waals surface area contributed by atoms with Gasteiger partial charge in [-0.05, 0) is 65.1 Å². The lowest BCUT2D eigenvalue weighted by Gasteiger charge is -2.15. The van der Waals surface area contributed by atoms with Crippen LogP contribution in [0.3, 0.4) is 0 Å². The summed E-state index contributed by atoms with van der Waals surface area (Å²) < 4.78 is 48.9. The molecule has 1 aromatic heterocycles. The smallest absolute Gasteiger partial charge is 0.440 e. The number of nitrogens with one attached hydrogen (secondary N) is 2. The molecule has 0 radical (unpaired) electrons. The average Bonchev–Trinajstić information content (AvgIpc) is 3.22. The topological polar surface area (TPSA) is 127 Å². The van der Waals surface area contributed by atoms with E-state index >= 15 is 0 Å². The lowest BCUT2D eigenvalue weighted by atomic mass is 9.97. The first-order chi connectivity index (χ1) is 18.5. The number of halogens is 3. The molecule has 0 bridgehead atoms. The molecular weight excluding hydrogens is 519 g/mol. The van der Waals surface area contributed by atoms with Gasteiger partial charge in [0.2, 0.25) is 0 Å².